The van der Waals surface area contributed by atoms with Gasteiger partial charge < -0.3 is 24.8 Å². The van der Waals surface area contributed by atoms with E-state index in [0.717, 1.165) is 50.5 Å². The molecule has 0 saturated carbocycles. The lowest BCUT2D eigenvalue weighted by Gasteiger charge is -2.37. The van der Waals surface area contributed by atoms with Gasteiger partial charge >= 0.3 is 6.01 Å². The molecule has 2 bridgehead atoms. The molecule has 7 nitrogen and oxygen atoms in total. The fraction of sp³-hybridized carbons (Fsp3) is 0.548. The first kappa shape index (κ1) is 25.4. The van der Waals surface area contributed by atoms with Crippen molar-refractivity contribution in [1.82, 2.24) is 20.2 Å². The number of ether oxygens (including phenoxy) is 1. The monoisotopic (exact) mass is 514 g/mol. The van der Waals surface area contributed by atoms with E-state index in [-0.39, 0.29) is 0 Å². The van der Waals surface area contributed by atoms with Gasteiger partial charge in [-0.2, -0.15) is 9.97 Å². The molecule has 2 unspecified atom stereocenters. The smallest absolute Gasteiger partial charge is 0.318 e. The van der Waals surface area contributed by atoms with Crippen LogP contribution >= 0.6 is 0 Å². The van der Waals surface area contributed by atoms with Crippen molar-refractivity contribution in [3.8, 4) is 6.01 Å². The third kappa shape index (κ3) is 5.06. The van der Waals surface area contributed by atoms with Gasteiger partial charge in [-0.25, -0.2) is 0 Å². The minimum atomic E-state index is 0.485. The van der Waals surface area contributed by atoms with E-state index in [4.69, 9.17) is 14.7 Å². The van der Waals surface area contributed by atoms with Crippen LogP contribution in [0.3, 0.4) is 0 Å². The number of methoxy groups -OCH3 is 1. The van der Waals surface area contributed by atoms with Crippen molar-refractivity contribution in [3.05, 3.63) is 53.2 Å². The standard InChI is InChI=1S/C26H31N5O.C5H11N/c1-3-17-6-4-7-18-8-5-9-23(24(17)18)30-13-12-21-22(16-30)28-26(32-2)29-25(21)31-14-19-10-11-20(15-31)27-19;1-6-4-2-3-5-6/h4-9,19-20,27H,3,10-16H2,1-2H3;2-5H2,1H3. The number of hydrogen-bond acceptors (Lipinski definition) is 7. The minimum absolute atomic E-state index is 0.485. The minimum Gasteiger partial charge on any atom is -0.467 e. The van der Waals surface area contributed by atoms with Crippen LogP contribution in [0, 0.1) is 0 Å². The Kier molecular flexibility index (Phi) is 7.39. The second-order valence-electron chi connectivity index (χ2n) is 11.3. The van der Waals surface area contributed by atoms with Crippen LogP contribution in [0.5, 0.6) is 6.01 Å². The zero-order valence-electron chi connectivity index (χ0n) is 23.2. The molecular formula is C31H42N6O. The summed E-state index contributed by atoms with van der Waals surface area (Å²) in [6.45, 7) is 8.69. The zero-order valence-corrected chi connectivity index (χ0v) is 23.2. The number of rotatable bonds is 4. The summed E-state index contributed by atoms with van der Waals surface area (Å²) in [5, 5.41) is 6.42. The van der Waals surface area contributed by atoms with Crippen molar-refractivity contribution in [3.63, 3.8) is 0 Å². The highest BCUT2D eigenvalue weighted by Crippen LogP contribution is 2.36. The van der Waals surface area contributed by atoms with Gasteiger partial charge in [-0.15, -0.1) is 0 Å². The Hall–Kier alpha value is -2.90. The van der Waals surface area contributed by atoms with Crippen molar-refractivity contribution < 1.29 is 4.74 Å². The molecular weight excluding hydrogens is 472 g/mol. The quantitative estimate of drug-likeness (QED) is 0.553. The van der Waals surface area contributed by atoms with E-state index in [1.165, 1.54) is 66.4 Å². The van der Waals surface area contributed by atoms with Crippen LogP contribution in [0.4, 0.5) is 11.5 Å². The number of benzene rings is 2. The van der Waals surface area contributed by atoms with Crippen molar-refractivity contribution in [2.24, 2.45) is 0 Å². The van der Waals surface area contributed by atoms with Gasteiger partial charge in [0.1, 0.15) is 5.82 Å². The fourth-order valence-corrected chi connectivity index (χ4v) is 6.75. The van der Waals surface area contributed by atoms with Gasteiger partial charge in [-0.1, -0.05) is 37.3 Å². The maximum atomic E-state index is 5.55. The van der Waals surface area contributed by atoms with Crippen LogP contribution in [0.1, 0.15) is 49.4 Å². The lowest BCUT2D eigenvalue weighted by molar-refractivity contribution is 0.374. The number of likely N-dealkylation sites (tertiary alicyclic amines) is 1. The molecule has 5 heterocycles. The van der Waals surface area contributed by atoms with Gasteiger partial charge in [-0.05, 0) is 75.7 Å². The highest BCUT2D eigenvalue weighted by Gasteiger charge is 2.35. The molecule has 1 aromatic heterocycles. The number of piperazine rings is 1. The molecule has 0 spiro atoms. The lowest BCUT2D eigenvalue weighted by atomic mass is 9.98. The van der Waals surface area contributed by atoms with E-state index in [1.807, 2.05) is 0 Å². The van der Waals surface area contributed by atoms with Gasteiger partial charge in [0.05, 0.1) is 19.3 Å². The van der Waals surface area contributed by atoms with Gasteiger partial charge in [0.15, 0.2) is 0 Å². The molecule has 38 heavy (non-hydrogen) atoms. The van der Waals surface area contributed by atoms with Crippen LogP contribution in [0.2, 0.25) is 0 Å². The van der Waals surface area contributed by atoms with Crippen molar-refractivity contribution >= 4 is 22.3 Å². The average molecular weight is 515 g/mol. The summed E-state index contributed by atoms with van der Waals surface area (Å²) in [5.74, 6) is 1.09. The normalized spacial score (nSPS) is 22.8. The van der Waals surface area contributed by atoms with E-state index in [1.54, 1.807) is 7.11 Å². The molecule has 4 aliphatic heterocycles. The Labute approximate surface area is 227 Å². The van der Waals surface area contributed by atoms with Crippen LogP contribution < -0.4 is 19.9 Å². The van der Waals surface area contributed by atoms with Crippen LogP contribution in [-0.4, -0.2) is 73.8 Å². The van der Waals surface area contributed by atoms with Gasteiger partial charge in [0.2, 0.25) is 0 Å². The number of fused-ring (bicyclic) bond motifs is 4. The molecule has 3 fully saturated rings. The molecule has 2 atom stereocenters. The Morgan fingerprint density at radius 3 is 2.34 bits per heavy atom. The van der Waals surface area contributed by atoms with Crippen LogP contribution in [0.25, 0.3) is 10.8 Å². The molecule has 7 rings (SSSR count). The summed E-state index contributed by atoms with van der Waals surface area (Å²) in [6, 6.07) is 14.9. The topological polar surface area (TPSA) is 56.8 Å². The second kappa shape index (κ2) is 11.1. The Morgan fingerprint density at radius 1 is 0.947 bits per heavy atom. The lowest BCUT2D eigenvalue weighted by Crippen LogP contribution is -2.52. The zero-order chi connectivity index (χ0) is 26.1. The number of aryl methyl sites for hydroxylation is 1. The van der Waals surface area contributed by atoms with Gasteiger partial charge in [-0.3, -0.25) is 0 Å². The summed E-state index contributed by atoms with van der Waals surface area (Å²) in [4.78, 5) is 17.0. The predicted molar refractivity (Wildman–Crippen MR) is 156 cm³/mol. The fourth-order valence-electron chi connectivity index (χ4n) is 6.75. The maximum Gasteiger partial charge on any atom is 0.318 e. The van der Waals surface area contributed by atoms with E-state index < -0.39 is 0 Å². The molecule has 0 amide bonds. The summed E-state index contributed by atoms with van der Waals surface area (Å²) < 4.78 is 5.55. The molecule has 2 aromatic carbocycles. The number of hydrogen-bond donors (Lipinski definition) is 1. The summed E-state index contributed by atoms with van der Waals surface area (Å²) in [6.07, 6.45) is 7.34. The second-order valence-corrected chi connectivity index (χ2v) is 11.3. The highest BCUT2D eigenvalue weighted by molar-refractivity contribution is 5.97. The molecule has 3 aromatic rings. The number of nitrogens with zero attached hydrogens (tertiary/aromatic N) is 5. The van der Waals surface area contributed by atoms with E-state index in [0.29, 0.717) is 18.1 Å². The third-order valence-electron chi connectivity index (χ3n) is 8.74. The van der Waals surface area contributed by atoms with Crippen molar-refractivity contribution in [2.75, 3.05) is 56.7 Å². The molecule has 202 valence electrons. The first-order valence-electron chi connectivity index (χ1n) is 14.5. The van der Waals surface area contributed by atoms with E-state index in [2.05, 4.69) is 70.4 Å². The number of aromatic nitrogens is 2. The molecule has 7 heteroatoms. The first-order chi connectivity index (χ1) is 18.6. The number of nitrogens with one attached hydrogen (secondary N) is 1. The Morgan fingerprint density at radius 2 is 1.68 bits per heavy atom. The Bertz CT molecular complexity index is 1260. The van der Waals surface area contributed by atoms with Crippen LogP contribution in [0.15, 0.2) is 36.4 Å². The summed E-state index contributed by atoms with van der Waals surface area (Å²) in [7, 11) is 3.85. The maximum absolute atomic E-state index is 5.55. The van der Waals surface area contributed by atoms with Gasteiger partial charge in [0, 0.05) is 48.4 Å². The largest absolute Gasteiger partial charge is 0.467 e. The molecule has 1 N–H and O–H groups in total. The van der Waals surface area contributed by atoms with Gasteiger partial charge in [0.25, 0.3) is 0 Å². The SMILES string of the molecule is CCc1cccc2cccc(N3CCc4c(nc(OC)nc4N4CC5CCC(C4)N5)C3)c12.CN1CCCC1. The Balaban J connectivity index is 0.000000390. The predicted octanol–water partition coefficient (Wildman–Crippen LogP) is 4.42. The molecule has 0 aliphatic carbocycles. The van der Waals surface area contributed by atoms with Crippen molar-refractivity contribution in [1.29, 1.82) is 0 Å². The van der Waals surface area contributed by atoms with Crippen molar-refractivity contribution in [2.45, 2.75) is 64.1 Å². The third-order valence-corrected chi connectivity index (χ3v) is 8.74. The molecule has 4 aliphatic rings. The summed E-state index contributed by atoms with van der Waals surface area (Å²) >= 11 is 0. The number of anilines is 2. The molecule has 0 radical (unpaired) electrons. The average Bonchev–Trinajstić information content (AvgIpc) is 3.58. The summed E-state index contributed by atoms with van der Waals surface area (Å²) in [5.41, 5.74) is 5.13. The highest BCUT2D eigenvalue weighted by atomic mass is 16.5. The first-order valence-corrected chi connectivity index (χ1v) is 14.5. The van der Waals surface area contributed by atoms with E-state index >= 15 is 0 Å². The van der Waals surface area contributed by atoms with Crippen LogP contribution in [-0.2, 0) is 19.4 Å². The molecule has 3 saturated heterocycles. The van der Waals surface area contributed by atoms with E-state index in [9.17, 15) is 0 Å².